The Labute approximate surface area is 231 Å². The number of thiazole rings is 1. The van der Waals surface area contributed by atoms with Gasteiger partial charge in [-0.15, -0.1) is 0 Å². The minimum atomic E-state index is -0.858. The third-order valence-corrected chi connectivity index (χ3v) is 8.15. The molecule has 7 nitrogen and oxygen atoms in total. The van der Waals surface area contributed by atoms with Crippen LogP contribution in [0.5, 0.6) is 11.5 Å². The number of fused-ring (bicyclic) bond motifs is 2. The Morgan fingerprint density at radius 1 is 1.18 bits per heavy atom. The maximum atomic E-state index is 13.5. The fourth-order valence-electron chi connectivity index (χ4n) is 5.00. The highest BCUT2D eigenvalue weighted by molar-refractivity contribution is 9.10. The highest BCUT2D eigenvalue weighted by Crippen LogP contribution is 2.45. The third-order valence-electron chi connectivity index (χ3n) is 6.64. The normalized spacial score (nSPS) is 20.1. The van der Waals surface area contributed by atoms with Gasteiger partial charge in [0.25, 0.3) is 5.78 Å². The van der Waals surface area contributed by atoms with Crippen molar-refractivity contribution in [1.82, 2.24) is 4.98 Å². The van der Waals surface area contributed by atoms with E-state index in [4.69, 9.17) is 9.47 Å². The third kappa shape index (κ3) is 4.16. The average Bonchev–Trinajstić information content (AvgIpc) is 3.56. The Balaban J connectivity index is 1.51. The number of nitrogens with zero attached hydrogens (tertiary/aromatic N) is 2. The number of carbonyl (C=O) groups is 2. The van der Waals surface area contributed by atoms with E-state index in [-0.39, 0.29) is 17.4 Å². The summed E-state index contributed by atoms with van der Waals surface area (Å²) >= 11 is 4.80. The second-order valence-corrected chi connectivity index (χ2v) is 11.2. The van der Waals surface area contributed by atoms with Crippen LogP contribution in [-0.2, 0) is 16.0 Å². The number of anilines is 1. The number of carbonyl (C=O) groups excluding carboxylic acids is 2. The summed E-state index contributed by atoms with van der Waals surface area (Å²) in [5, 5.41) is 11.9. The minimum absolute atomic E-state index is 0.0225. The van der Waals surface area contributed by atoms with E-state index in [1.807, 2.05) is 62.4 Å². The predicted molar refractivity (Wildman–Crippen MR) is 150 cm³/mol. The average molecular weight is 591 g/mol. The number of aliphatic hydroxyl groups excluding tert-OH is 1. The van der Waals surface area contributed by atoms with Crippen LogP contribution in [0.25, 0.3) is 16.0 Å². The van der Waals surface area contributed by atoms with Gasteiger partial charge in [-0.2, -0.15) is 0 Å². The molecular formula is C29H23BrN2O5S. The zero-order valence-electron chi connectivity index (χ0n) is 20.6. The molecule has 9 heteroatoms. The summed E-state index contributed by atoms with van der Waals surface area (Å²) in [4.78, 5) is 33.1. The molecule has 2 aliphatic rings. The SMILES string of the molecule is CCOc1ccc2nc(N3C(=O)C(=O)C(=C(O)c4ccc5c(c4)C[C@@H](C)O5)[C@H]3c3cccc(Br)c3)sc2c1. The quantitative estimate of drug-likeness (QED) is 0.164. The van der Waals surface area contributed by atoms with E-state index in [1.54, 1.807) is 12.1 Å². The standard InChI is InChI=1S/C29H23BrN2O5S/c1-3-36-20-8-9-21-23(14-20)38-29(31-21)32-25(16-5-4-6-19(30)13-16)24(27(34)28(32)35)26(33)17-7-10-22-18(12-17)11-15(2)37-22/h4-10,12-15,25,33H,3,11H2,1-2H3/t15-,25-/m1/s1. The lowest BCUT2D eigenvalue weighted by molar-refractivity contribution is -0.132. The van der Waals surface area contributed by atoms with Crippen LogP contribution in [0.2, 0.25) is 0 Å². The fraction of sp³-hybridized carbons (Fsp3) is 0.207. The first kappa shape index (κ1) is 24.6. The Morgan fingerprint density at radius 3 is 2.82 bits per heavy atom. The van der Waals surface area contributed by atoms with Crippen molar-refractivity contribution in [3.63, 3.8) is 0 Å². The molecule has 3 aromatic carbocycles. The lowest BCUT2D eigenvalue weighted by Crippen LogP contribution is -2.29. The molecule has 1 N–H and O–H groups in total. The largest absolute Gasteiger partial charge is 0.507 e. The van der Waals surface area contributed by atoms with Crippen LogP contribution in [0.3, 0.4) is 0 Å². The number of amides is 1. The van der Waals surface area contributed by atoms with E-state index in [1.165, 1.54) is 16.2 Å². The molecule has 2 aliphatic heterocycles. The Kier molecular flexibility index (Phi) is 6.20. The molecule has 0 aliphatic carbocycles. The molecule has 0 radical (unpaired) electrons. The second kappa shape index (κ2) is 9.56. The zero-order chi connectivity index (χ0) is 26.6. The zero-order valence-corrected chi connectivity index (χ0v) is 23.0. The van der Waals surface area contributed by atoms with Crippen molar-refractivity contribution in [3.8, 4) is 11.5 Å². The van der Waals surface area contributed by atoms with Gasteiger partial charge in [0.2, 0.25) is 0 Å². The molecule has 2 atom stereocenters. The molecule has 6 rings (SSSR count). The van der Waals surface area contributed by atoms with Gasteiger partial charge in [0.15, 0.2) is 5.13 Å². The maximum Gasteiger partial charge on any atom is 0.301 e. The summed E-state index contributed by atoms with van der Waals surface area (Å²) in [6.45, 7) is 4.42. The van der Waals surface area contributed by atoms with Crippen molar-refractivity contribution in [1.29, 1.82) is 0 Å². The molecule has 1 saturated heterocycles. The molecule has 1 amide bonds. The van der Waals surface area contributed by atoms with Crippen LogP contribution in [0.1, 0.15) is 36.6 Å². The van der Waals surface area contributed by atoms with Gasteiger partial charge < -0.3 is 14.6 Å². The molecule has 3 heterocycles. The van der Waals surface area contributed by atoms with E-state index >= 15 is 0 Å². The lowest BCUT2D eigenvalue weighted by atomic mass is 9.94. The first-order valence-electron chi connectivity index (χ1n) is 12.2. The van der Waals surface area contributed by atoms with Crippen LogP contribution < -0.4 is 14.4 Å². The highest BCUT2D eigenvalue weighted by Gasteiger charge is 2.48. The number of halogens is 1. The molecule has 0 unspecified atom stereocenters. The van der Waals surface area contributed by atoms with E-state index in [2.05, 4.69) is 20.9 Å². The summed E-state index contributed by atoms with van der Waals surface area (Å²) in [5.41, 5.74) is 2.80. The number of hydrogen-bond donors (Lipinski definition) is 1. The van der Waals surface area contributed by atoms with Crippen molar-refractivity contribution in [3.05, 3.63) is 87.4 Å². The number of Topliss-reactive ketones (excluding diaryl/α,β-unsaturated/α-hetero) is 1. The van der Waals surface area contributed by atoms with Gasteiger partial charge in [-0.3, -0.25) is 14.5 Å². The molecule has 0 saturated carbocycles. The van der Waals surface area contributed by atoms with Crippen molar-refractivity contribution in [2.24, 2.45) is 0 Å². The molecule has 4 aromatic rings. The summed E-state index contributed by atoms with van der Waals surface area (Å²) in [7, 11) is 0. The predicted octanol–water partition coefficient (Wildman–Crippen LogP) is 6.41. The van der Waals surface area contributed by atoms with Gasteiger partial charge in [0.05, 0.1) is 28.4 Å². The number of aliphatic hydroxyl groups is 1. The Morgan fingerprint density at radius 2 is 2.03 bits per heavy atom. The van der Waals surface area contributed by atoms with Crippen molar-refractivity contribution in [2.75, 3.05) is 11.5 Å². The van der Waals surface area contributed by atoms with Gasteiger partial charge in [0, 0.05) is 16.5 Å². The molecule has 38 heavy (non-hydrogen) atoms. The summed E-state index contributed by atoms with van der Waals surface area (Å²) in [6, 6.07) is 17.4. The van der Waals surface area contributed by atoms with Gasteiger partial charge in [-0.1, -0.05) is 39.4 Å². The molecule has 1 aromatic heterocycles. The number of benzene rings is 3. The fourth-order valence-corrected chi connectivity index (χ4v) is 6.44. The maximum absolute atomic E-state index is 13.5. The number of aromatic nitrogens is 1. The van der Waals surface area contributed by atoms with Gasteiger partial charge >= 0.3 is 5.91 Å². The molecular weight excluding hydrogens is 568 g/mol. The molecule has 0 bridgehead atoms. The number of ether oxygens (including phenoxy) is 2. The van der Waals surface area contributed by atoms with Crippen LogP contribution in [-0.4, -0.2) is 34.5 Å². The van der Waals surface area contributed by atoms with Gasteiger partial charge in [-0.05, 0) is 73.5 Å². The molecule has 192 valence electrons. The van der Waals surface area contributed by atoms with E-state index < -0.39 is 17.7 Å². The van der Waals surface area contributed by atoms with Crippen molar-refractivity contribution >= 4 is 60.1 Å². The molecule has 1 fully saturated rings. The van der Waals surface area contributed by atoms with Crippen LogP contribution >= 0.6 is 27.3 Å². The first-order chi connectivity index (χ1) is 18.3. The minimum Gasteiger partial charge on any atom is -0.507 e. The number of ketones is 1. The Hall–Kier alpha value is -3.69. The van der Waals surface area contributed by atoms with Gasteiger partial charge in [0.1, 0.15) is 23.4 Å². The first-order valence-corrected chi connectivity index (χ1v) is 13.8. The number of hydrogen-bond acceptors (Lipinski definition) is 7. The number of rotatable bonds is 5. The van der Waals surface area contributed by atoms with E-state index in [9.17, 15) is 14.7 Å². The van der Waals surface area contributed by atoms with E-state index in [0.717, 1.165) is 20.5 Å². The van der Waals surface area contributed by atoms with Crippen LogP contribution in [0.4, 0.5) is 5.13 Å². The molecule has 0 spiro atoms. The summed E-state index contributed by atoms with van der Waals surface area (Å²) in [6.07, 6.45) is 0.742. The lowest BCUT2D eigenvalue weighted by Gasteiger charge is -2.23. The van der Waals surface area contributed by atoms with E-state index in [0.29, 0.717) is 40.6 Å². The van der Waals surface area contributed by atoms with Gasteiger partial charge in [-0.25, -0.2) is 4.98 Å². The van der Waals surface area contributed by atoms with Crippen LogP contribution in [0.15, 0.2) is 70.7 Å². The Bertz CT molecular complexity index is 1650. The van der Waals surface area contributed by atoms with Crippen LogP contribution in [0, 0.1) is 0 Å². The summed E-state index contributed by atoms with van der Waals surface area (Å²) in [5.74, 6) is -0.252. The topological polar surface area (TPSA) is 89.0 Å². The van der Waals surface area contributed by atoms with Crippen molar-refractivity contribution < 1.29 is 24.2 Å². The van der Waals surface area contributed by atoms with Crippen molar-refractivity contribution in [2.45, 2.75) is 32.4 Å². The smallest absolute Gasteiger partial charge is 0.301 e. The highest BCUT2D eigenvalue weighted by atomic mass is 79.9. The monoisotopic (exact) mass is 590 g/mol. The second-order valence-electron chi connectivity index (χ2n) is 9.24. The summed E-state index contributed by atoms with van der Waals surface area (Å²) < 4.78 is 13.0.